The second-order valence-electron chi connectivity index (χ2n) is 6.33. The van der Waals surface area contributed by atoms with Crippen LogP contribution in [0.3, 0.4) is 0 Å². The molecule has 134 valence electrons. The summed E-state index contributed by atoms with van der Waals surface area (Å²) in [4.78, 5) is 13.9. The number of halogens is 1. The molecule has 0 spiro atoms. The van der Waals surface area contributed by atoms with Crippen molar-refractivity contribution in [1.29, 1.82) is 0 Å². The van der Waals surface area contributed by atoms with Crippen LogP contribution in [0.4, 0.5) is 0 Å². The van der Waals surface area contributed by atoms with E-state index in [2.05, 4.69) is 19.4 Å². The molecule has 1 aliphatic heterocycles. The van der Waals surface area contributed by atoms with E-state index >= 15 is 0 Å². The van der Waals surface area contributed by atoms with Crippen LogP contribution in [0.25, 0.3) is 0 Å². The van der Waals surface area contributed by atoms with Gasteiger partial charge in [0.25, 0.3) is 0 Å². The lowest BCUT2D eigenvalue weighted by Gasteiger charge is -2.23. The molecule has 1 aromatic rings. The van der Waals surface area contributed by atoms with Crippen LogP contribution in [-0.2, 0) is 14.8 Å². The van der Waals surface area contributed by atoms with Gasteiger partial charge in [-0.05, 0) is 37.1 Å². The monoisotopic (exact) mass is 374 g/mol. The van der Waals surface area contributed by atoms with Crippen LogP contribution in [0.15, 0.2) is 29.2 Å². The van der Waals surface area contributed by atoms with E-state index in [0.29, 0.717) is 31.0 Å². The summed E-state index contributed by atoms with van der Waals surface area (Å²) in [6, 6.07) is 5.42. The standard InChI is InChI=1S/C16H24ClN3O3S/c1-19(2)11-4-10-18-16(21)15-5-3-12-20(15)24(22,23)14-8-6-13(17)7-9-14/h6-9,15H,3-5,10-12H2,1-2H3,(H,18,21)/p+1/t15-/m0/s1. The number of benzene rings is 1. The Hall–Kier alpha value is -1.15. The zero-order valence-electron chi connectivity index (χ0n) is 14.1. The molecule has 1 saturated heterocycles. The van der Waals surface area contributed by atoms with Gasteiger partial charge in [0, 0.05) is 24.5 Å². The summed E-state index contributed by atoms with van der Waals surface area (Å²) in [5.41, 5.74) is 0. The Kier molecular flexibility index (Phi) is 6.62. The number of sulfonamides is 1. The predicted molar refractivity (Wildman–Crippen MR) is 93.7 cm³/mol. The average molecular weight is 375 g/mol. The highest BCUT2D eigenvalue weighted by Gasteiger charge is 2.39. The molecule has 24 heavy (non-hydrogen) atoms. The maximum atomic E-state index is 12.8. The molecule has 1 aromatic carbocycles. The highest BCUT2D eigenvalue weighted by Crippen LogP contribution is 2.26. The minimum atomic E-state index is -3.68. The van der Waals surface area contributed by atoms with Crippen molar-refractivity contribution in [2.24, 2.45) is 0 Å². The lowest BCUT2D eigenvalue weighted by molar-refractivity contribution is -0.858. The van der Waals surface area contributed by atoms with Crippen LogP contribution < -0.4 is 10.2 Å². The molecular weight excluding hydrogens is 350 g/mol. The first-order chi connectivity index (χ1) is 11.3. The number of carbonyl (C=O) groups is 1. The fourth-order valence-corrected chi connectivity index (χ4v) is 4.59. The summed E-state index contributed by atoms with van der Waals surface area (Å²) < 4.78 is 26.9. The second kappa shape index (κ2) is 8.29. The molecule has 0 unspecified atom stereocenters. The number of nitrogens with zero attached hydrogens (tertiary/aromatic N) is 1. The van der Waals surface area contributed by atoms with Gasteiger partial charge in [0.1, 0.15) is 6.04 Å². The van der Waals surface area contributed by atoms with Gasteiger partial charge in [0.2, 0.25) is 15.9 Å². The molecule has 2 rings (SSSR count). The molecule has 1 atom stereocenters. The SMILES string of the molecule is C[NH+](C)CCCNC(=O)[C@@H]1CCCN1S(=O)(=O)c1ccc(Cl)cc1. The van der Waals surface area contributed by atoms with Gasteiger partial charge >= 0.3 is 0 Å². The van der Waals surface area contributed by atoms with E-state index in [4.69, 9.17) is 11.6 Å². The van der Waals surface area contributed by atoms with E-state index in [-0.39, 0.29) is 10.8 Å². The molecular formula is C16H25ClN3O3S+. The highest BCUT2D eigenvalue weighted by molar-refractivity contribution is 7.89. The topological polar surface area (TPSA) is 70.9 Å². The first-order valence-corrected chi connectivity index (χ1v) is 9.98. The van der Waals surface area contributed by atoms with Crippen molar-refractivity contribution in [3.63, 3.8) is 0 Å². The van der Waals surface area contributed by atoms with E-state index in [9.17, 15) is 13.2 Å². The van der Waals surface area contributed by atoms with Crippen molar-refractivity contribution < 1.29 is 18.1 Å². The van der Waals surface area contributed by atoms with Crippen molar-refractivity contribution in [2.75, 3.05) is 33.7 Å². The molecule has 0 aliphatic carbocycles. The first-order valence-electron chi connectivity index (χ1n) is 8.16. The summed E-state index contributed by atoms with van der Waals surface area (Å²) in [5, 5.41) is 3.34. The van der Waals surface area contributed by atoms with Crippen LogP contribution >= 0.6 is 11.6 Å². The van der Waals surface area contributed by atoms with E-state index in [1.165, 1.54) is 21.3 Å². The number of rotatable bonds is 7. The van der Waals surface area contributed by atoms with Gasteiger partial charge in [-0.2, -0.15) is 4.31 Å². The Balaban J connectivity index is 2.03. The average Bonchev–Trinajstić information content (AvgIpc) is 3.02. The van der Waals surface area contributed by atoms with Crippen molar-refractivity contribution in [2.45, 2.75) is 30.2 Å². The molecule has 1 aliphatic rings. The zero-order chi connectivity index (χ0) is 17.7. The first kappa shape index (κ1) is 19.2. The highest BCUT2D eigenvalue weighted by atomic mass is 35.5. The molecule has 1 amide bonds. The van der Waals surface area contributed by atoms with Gasteiger partial charge in [0.15, 0.2) is 0 Å². The summed E-state index contributed by atoms with van der Waals surface area (Å²) in [6.45, 7) is 1.89. The second-order valence-corrected chi connectivity index (χ2v) is 8.66. The fraction of sp³-hybridized carbons (Fsp3) is 0.562. The quantitative estimate of drug-likeness (QED) is 0.667. The number of quaternary nitrogens is 1. The fourth-order valence-electron chi connectivity index (χ4n) is 2.80. The van der Waals surface area contributed by atoms with Gasteiger partial charge in [-0.1, -0.05) is 11.6 Å². The molecule has 0 radical (unpaired) electrons. The normalized spacial score (nSPS) is 18.9. The van der Waals surface area contributed by atoms with E-state index < -0.39 is 16.1 Å². The van der Waals surface area contributed by atoms with Crippen molar-refractivity contribution >= 4 is 27.5 Å². The van der Waals surface area contributed by atoms with Crippen molar-refractivity contribution in [3.05, 3.63) is 29.3 Å². The van der Waals surface area contributed by atoms with Gasteiger partial charge < -0.3 is 10.2 Å². The maximum absolute atomic E-state index is 12.8. The number of hydrogen-bond acceptors (Lipinski definition) is 3. The Labute approximate surface area is 148 Å². The lowest BCUT2D eigenvalue weighted by atomic mass is 10.2. The Morgan fingerprint density at radius 2 is 2.00 bits per heavy atom. The van der Waals surface area contributed by atoms with Crippen LogP contribution in [-0.4, -0.2) is 58.4 Å². The summed E-state index contributed by atoms with van der Waals surface area (Å²) in [7, 11) is 0.426. The van der Waals surface area contributed by atoms with Crippen LogP contribution in [0.2, 0.25) is 5.02 Å². The predicted octanol–water partition coefficient (Wildman–Crippen LogP) is 0.144. The number of amides is 1. The zero-order valence-corrected chi connectivity index (χ0v) is 15.7. The Bertz CT molecular complexity index is 662. The molecule has 2 N–H and O–H groups in total. The lowest BCUT2D eigenvalue weighted by Crippen LogP contribution is -3.05. The molecule has 0 bridgehead atoms. The Morgan fingerprint density at radius 3 is 2.62 bits per heavy atom. The third kappa shape index (κ3) is 4.69. The summed E-state index contributed by atoms with van der Waals surface area (Å²) in [6.07, 6.45) is 2.11. The van der Waals surface area contributed by atoms with Crippen LogP contribution in [0, 0.1) is 0 Å². The van der Waals surface area contributed by atoms with Gasteiger partial charge in [-0.3, -0.25) is 4.79 Å². The van der Waals surface area contributed by atoms with Crippen LogP contribution in [0.5, 0.6) is 0 Å². The van der Waals surface area contributed by atoms with E-state index in [1.54, 1.807) is 12.1 Å². The summed E-state index contributed by atoms with van der Waals surface area (Å²) >= 11 is 5.82. The third-order valence-corrected chi connectivity index (χ3v) is 6.25. The van der Waals surface area contributed by atoms with Gasteiger partial charge in [-0.25, -0.2) is 8.42 Å². The minimum absolute atomic E-state index is 0.169. The summed E-state index contributed by atoms with van der Waals surface area (Å²) in [5.74, 6) is -0.209. The maximum Gasteiger partial charge on any atom is 0.243 e. The van der Waals surface area contributed by atoms with Crippen molar-refractivity contribution in [1.82, 2.24) is 9.62 Å². The van der Waals surface area contributed by atoms with E-state index in [0.717, 1.165) is 13.0 Å². The largest absolute Gasteiger partial charge is 0.354 e. The van der Waals surface area contributed by atoms with Gasteiger partial charge in [-0.15, -0.1) is 0 Å². The van der Waals surface area contributed by atoms with Gasteiger partial charge in [0.05, 0.1) is 25.5 Å². The Morgan fingerprint density at radius 1 is 1.33 bits per heavy atom. The molecule has 8 heteroatoms. The molecule has 1 heterocycles. The number of nitrogens with one attached hydrogen (secondary N) is 2. The number of carbonyl (C=O) groups excluding carboxylic acids is 1. The smallest absolute Gasteiger partial charge is 0.243 e. The number of hydrogen-bond donors (Lipinski definition) is 2. The van der Waals surface area contributed by atoms with Crippen LogP contribution in [0.1, 0.15) is 19.3 Å². The molecule has 0 saturated carbocycles. The van der Waals surface area contributed by atoms with Crippen molar-refractivity contribution in [3.8, 4) is 0 Å². The molecule has 1 fully saturated rings. The third-order valence-electron chi connectivity index (χ3n) is 4.08. The molecule has 6 nitrogen and oxygen atoms in total. The molecule has 0 aromatic heterocycles. The minimum Gasteiger partial charge on any atom is -0.354 e. The van der Waals surface area contributed by atoms with E-state index in [1.807, 2.05) is 0 Å².